The van der Waals surface area contributed by atoms with Crippen molar-refractivity contribution in [3.63, 3.8) is 0 Å². The van der Waals surface area contributed by atoms with E-state index in [-0.39, 0.29) is 13.5 Å². The normalized spacial score (nSPS) is 9.31. The van der Waals surface area contributed by atoms with Crippen LogP contribution in [0.4, 0.5) is 0 Å². The Morgan fingerprint density at radius 3 is 2.19 bits per heavy atom. The summed E-state index contributed by atoms with van der Waals surface area (Å²) in [5, 5.41) is 0. The molecule has 0 aromatic heterocycles. The Balaban J connectivity index is 0.00000128. The van der Waals surface area contributed by atoms with Crippen LogP contribution in [0.25, 0.3) is 0 Å². The lowest BCUT2D eigenvalue weighted by molar-refractivity contribution is 0.477. The Bertz CT molecular complexity index is 426. The van der Waals surface area contributed by atoms with Crippen molar-refractivity contribution in [2.24, 2.45) is 0 Å². The highest BCUT2D eigenvalue weighted by atomic mass is 32.1. The van der Waals surface area contributed by atoms with Crippen LogP contribution in [-0.2, 0) is 6.42 Å². The molecule has 0 aliphatic carbocycles. The molecule has 0 bridgehead atoms. The summed E-state index contributed by atoms with van der Waals surface area (Å²) in [6.45, 7) is 2.13. The Morgan fingerprint density at radius 2 is 1.50 bits per heavy atom. The number of hydrogen-bond acceptors (Lipinski definition) is 1. The average molecular weight is 232 g/mol. The van der Waals surface area contributed by atoms with Gasteiger partial charge in [0.1, 0.15) is 11.5 Å². The van der Waals surface area contributed by atoms with Crippen LogP contribution in [0.1, 0.15) is 12.5 Å². The second-order valence-corrected chi connectivity index (χ2v) is 3.38. The van der Waals surface area contributed by atoms with Crippen molar-refractivity contribution in [2.75, 3.05) is 0 Å². The molecule has 2 rings (SSSR count). The molecule has 0 radical (unpaired) electrons. The van der Waals surface area contributed by atoms with E-state index < -0.39 is 0 Å². The van der Waals surface area contributed by atoms with Gasteiger partial charge in [-0.3, -0.25) is 0 Å². The quantitative estimate of drug-likeness (QED) is 0.772. The monoisotopic (exact) mass is 232 g/mol. The van der Waals surface area contributed by atoms with Gasteiger partial charge in [0, 0.05) is 0 Å². The Hall–Kier alpha value is -1.41. The molecule has 0 saturated heterocycles. The Morgan fingerprint density at radius 1 is 0.875 bits per heavy atom. The molecular formula is C14H16OS. The van der Waals surface area contributed by atoms with Crippen molar-refractivity contribution in [1.29, 1.82) is 0 Å². The first-order chi connectivity index (χ1) is 7.40. The maximum absolute atomic E-state index is 5.80. The number of ether oxygens (including phenoxy) is 1. The van der Waals surface area contributed by atoms with Gasteiger partial charge in [-0.2, -0.15) is 13.5 Å². The molecule has 0 aliphatic rings. The molecule has 2 aromatic carbocycles. The molecule has 0 fully saturated rings. The summed E-state index contributed by atoms with van der Waals surface area (Å²) in [5.41, 5.74) is 1.24. The molecule has 0 aliphatic heterocycles. The minimum absolute atomic E-state index is 0. The van der Waals surface area contributed by atoms with Gasteiger partial charge in [-0.25, -0.2) is 0 Å². The van der Waals surface area contributed by atoms with Crippen molar-refractivity contribution < 1.29 is 4.74 Å². The van der Waals surface area contributed by atoms with Gasteiger partial charge in [0.15, 0.2) is 0 Å². The number of aryl methyl sites for hydroxylation is 1. The molecule has 84 valence electrons. The van der Waals surface area contributed by atoms with Crippen molar-refractivity contribution in [1.82, 2.24) is 0 Å². The summed E-state index contributed by atoms with van der Waals surface area (Å²) in [7, 11) is 0. The maximum atomic E-state index is 5.80. The van der Waals surface area contributed by atoms with Crippen LogP contribution in [0.3, 0.4) is 0 Å². The lowest BCUT2D eigenvalue weighted by Crippen LogP contribution is -1.89. The number of rotatable bonds is 3. The van der Waals surface area contributed by atoms with Gasteiger partial charge < -0.3 is 4.74 Å². The molecule has 0 amide bonds. The third-order valence-electron chi connectivity index (χ3n) is 2.32. The van der Waals surface area contributed by atoms with E-state index in [1.165, 1.54) is 5.56 Å². The van der Waals surface area contributed by atoms with Crippen molar-refractivity contribution in [3.8, 4) is 11.5 Å². The van der Waals surface area contributed by atoms with E-state index in [0.717, 1.165) is 17.9 Å². The van der Waals surface area contributed by atoms with Crippen LogP contribution in [0.2, 0.25) is 0 Å². The molecule has 0 spiro atoms. The van der Waals surface area contributed by atoms with Crippen LogP contribution in [0, 0.1) is 0 Å². The molecule has 0 saturated carbocycles. The molecule has 2 aromatic rings. The third-order valence-corrected chi connectivity index (χ3v) is 2.32. The number of hydrogen-bond donors (Lipinski definition) is 0. The minimum Gasteiger partial charge on any atom is -0.457 e. The highest BCUT2D eigenvalue weighted by Gasteiger charge is 2.01. The van der Waals surface area contributed by atoms with Crippen LogP contribution in [-0.4, -0.2) is 0 Å². The van der Waals surface area contributed by atoms with Gasteiger partial charge in [0.05, 0.1) is 0 Å². The van der Waals surface area contributed by atoms with Gasteiger partial charge in [0.25, 0.3) is 0 Å². The second kappa shape index (κ2) is 6.23. The highest BCUT2D eigenvalue weighted by molar-refractivity contribution is 7.59. The first kappa shape index (κ1) is 12.7. The maximum Gasteiger partial charge on any atom is 0.130 e. The first-order valence-corrected chi connectivity index (χ1v) is 5.21. The fourth-order valence-electron chi connectivity index (χ4n) is 1.51. The summed E-state index contributed by atoms with van der Waals surface area (Å²) in [6, 6.07) is 18.0. The zero-order valence-electron chi connectivity index (χ0n) is 9.31. The predicted molar refractivity (Wildman–Crippen MR) is 72.7 cm³/mol. The summed E-state index contributed by atoms with van der Waals surface area (Å²) in [6.07, 6.45) is 0.989. The lowest BCUT2D eigenvalue weighted by atomic mass is 10.1. The standard InChI is InChI=1S/C14H14O.H2S/c1-2-12-8-6-7-11-14(12)15-13-9-4-3-5-10-13;/h3-11H,2H2,1H3;1H2. The summed E-state index contributed by atoms with van der Waals surface area (Å²) in [4.78, 5) is 0. The Labute approximate surface area is 104 Å². The highest BCUT2D eigenvalue weighted by Crippen LogP contribution is 2.24. The SMILES string of the molecule is CCc1ccccc1Oc1ccccc1.S. The van der Waals surface area contributed by atoms with Gasteiger partial charge in [-0.1, -0.05) is 43.3 Å². The predicted octanol–water partition coefficient (Wildman–Crippen LogP) is 4.15. The van der Waals surface area contributed by atoms with E-state index >= 15 is 0 Å². The van der Waals surface area contributed by atoms with Crippen molar-refractivity contribution in [2.45, 2.75) is 13.3 Å². The number of para-hydroxylation sites is 2. The zero-order valence-corrected chi connectivity index (χ0v) is 10.3. The van der Waals surface area contributed by atoms with E-state index in [9.17, 15) is 0 Å². The largest absolute Gasteiger partial charge is 0.457 e. The summed E-state index contributed by atoms with van der Waals surface area (Å²) < 4.78 is 5.80. The summed E-state index contributed by atoms with van der Waals surface area (Å²) >= 11 is 0. The first-order valence-electron chi connectivity index (χ1n) is 5.21. The molecule has 0 unspecified atom stereocenters. The van der Waals surface area contributed by atoms with Gasteiger partial charge in [-0.15, -0.1) is 0 Å². The molecular weight excluding hydrogens is 216 g/mol. The molecule has 0 heterocycles. The van der Waals surface area contributed by atoms with E-state index in [1.807, 2.05) is 48.5 Å². The van der Waals surface area contributed by atoms with E-state index in [2.05, 4.69) is 13.0 Å². The second-order valence-electron chi connectivity index (χ2n) is 3.38. The summed E-state index contributed by atoms with van der Waals surface area (Å²) in [5.74, 6) is 1.84. The van der Waals surface area contributed by atoms with E-state index in [0.29, 0.717) is 0 Å². The smallest absolute Gasteiger partial charge is 0.130 e. The van der Waals surface area contributed by atoms with Crippen LogP contribution >= 0.6 is 13.5 Å². The molecule has 0 atom stereocenters. The lowest BCUT2D eigenvalue weighted by Gasteiger charge is -2.09. The molecule has 2 heteroatoms. The van der Waals surface area contributed by atoms with E-state index in [4.69, 9.17) is 4.74 Å². The number of benzene rings is 2. The zero-order chi connectivity index (χ0) is 10.5. The molecule has 16 heavy (non-hydrogen) atoms. The fraction of sp³-hybridized carbons (Fsp3) is 0.143. The van der Waals surface area contributed by atoms with Gasteiger partial charge in [-0.05, 0) is 30.2 Å². The molecule has 0 N–H and O–H groups in total. The van der Waals surface area contributed by atoms with E-state index in [1.54, 1.807) is 0 Å². The topological polar surface area (TPSA) is 9.23 Å². The third kappa shape index (κ3) is 3.04. The molecule has 1 nitrogen and oxygen atoms in total. The van der Waals surface area contributed by atoms with Crippen LogP contribution < -0.4 is 4.74 Å². The van der Waals surface area contributed by atoms with Crippen molar-refractivity contribution in [3.05, 3.63) is 60.2 Å². The Kier molecular flexibility index (Phi) is 4.93. The average Bonchev–Trinajstić information content (AvgIpc) is 2.31. The van der Waals surface area contributed by atoms with Crippen LogP contribution in [0.5, 0.6) is 11.5 Å². The van der Waals surface area contributed by atoms with Gasteiger partial charge >= 0.3 is 0 Å². The van der Waals surface area contributed by atoms with Crippen LogP contribution in [0.15, 0.2) is 54.6 Å². The van der Waals surface area contributed by atoms with Crippen molar-refractivity contribution >= 4 is 13.5 Å². The fourth-order valence-corrected chi connectivity index (χ4v) is 1.51. The van der Waals surface area contributed by atoms with Gasteiger partial charge in [0.2, 0.25) is 0 Å². The minimum atomic E-state index is 0.